The summed E-state index contributed by atoms with van der Waals surface area (Å²) < 4.78 is 27.5. The standard InChI is InChI=1S/C13H12ClN3O2S2/c1-9-7-12(20-13(9)14)21(18,19)17-11-8-10(3-2-5-15)4-6-16-11/h4,6-8H,5,15H2,1H3,(H,16,17). The zero-order valence-electron chi connectivity index (χ0n) is 11.1. The van der Waals surface area contributed by atoms with Crippen LogP contribution in [0, 0.1) is 18.8 Å². The molecule has 0 spiro atoms. The van der Waals surface area contributed by atoms with Crippen molar-refractivity contribution >= 4 is 38.8 Å². The number of aryl methyl sites for hydroxylation is 1. The lowest BCUT2D eigenvalue weighted by atomic mass is 10.2. The molecule has 0 aromatic carbocycles. The normalized spacial score (nSPS) is 10.8. The van der Waals surface area contributed by atoms with Gasteiger partial charge in [-0.3, -0.25) is 4.72 Å². The third kappa shape index (κ3) is 3.95. The maximum atomic E-state index is 12.2. The Hall–Kier alpha value is -1.59. The minimum absolute atomic E-state index is 0.144. The van der Waals surface area contributed by atoms with Crippen molar-refractivity contribution in [3.63, 3.8) is 0 Å². The van der Waals surface area contributed by atoms with Crippen molar-refractivity contribution in [2.45, 2.75) is 11.1 Å². The van der Waals surface area contributed by atoms with Crippen LogP contribution in [0.3, 0.4) is 0 Å². The number of pyridine rings is 1. The second-order valence-electron chi connectivity index (χ2n) is 4.06. The van der Waals surface area contributed by atoms with E-state index in [-0.39, 0.29) is 16.6 Å². The van der Waals surface area contributed by atoms with E-state index in [0.29, 0.717) is 9.90 Å². The fraction of sp³-hybridized carbons (Fsp3) is 0.154. The second-order valence-corrected chi connectivity index (χ2v) is 7.63. The SMILES string of the molecule is Cc1cc(S(=O)(=O)Nc2cc(C#CCN)ccn2)sc1Cl. The number of thiophene rings is 1. The van der Waals surface area contributed by atoms with Gasteiger partial charge in [0.15, 0.2) is 0 Å². The minimum atomic E-state index is -3.70. The van der Waals surface area contributed by atoms with E-state index in [2.05, 4.69) is 21.5 Å². The van der Waals surface area contributed by atoms with E-state index in [4.69, 9.17) is 17.3 Å². The zero-order chi connectivity index (χ0) is 15.5. The number of hydrogen-bond donors (Lipinski definition) is 2. The van der Waals surface area contributed by atoms with Gasteiger partial charge in [0.2, 0.25) is 0 Å². The summed E-state index contributed by atoms with van der Waals surface area (Å²) in [5.74, 6) is 5.70. The number of sulfonamides is 1. The van der Waals surface area contributed by atoms with Crippen LogP contribution in [0.4, 0.5) is 5.82 Å². The van der Waals surface area contributed by atoms with Crippen LogP contribution in [-0.2, 0) is 10.0 Å². The molecule has 21 heavy (non-hydrogen) atoms. The molecule has 2 rings (SSSR count). The summed E-state index contributed by atoms with van der Waals surface area (Å²) in [5.41, 5.74) is 6.65. The molecule has 0 radical (unpaired) electrons. The van der Waals surface area contributed by atoms with Crippen LogP contribution in [0.5, 0.6) is 0 Å². The Labute approximate surface area is 132 Å². The summed E-state index contributed by atoms with van der Waals surface area (Å²) in [6.07, 6.45) is 1.48. The third-order valence-electron chi connectivity index (χ3n) is 2.43. The molecular weight excluding hydrogens is 330 g/mol. The van der Waals surface area contributed by atoms with Gasteiger partial charge < -0.3 is 5.73 Å². The Balaban J connectivity index is 2.28. The smallest absolute Gasteiger partial charge is 0.272 e. The lowest BCUT2D eigenvalue weighted by Gasteiger charge is -2.05. The Morgan fingerprint density at radius 3 is 2.86 bits per heavy atom. The number of anilines is 1. The highest BCUT2D eigenvalue weighted by molar-refractivity contribution is 7.94. The zero-order valence-corrected chi connectivity index (χ0v) is 13.4. The highest BCUT2D eigenvalue weighted by atomic mass is 35.5. The van der Waals surface area contributed by atoms with Gasteiger partial charge in [-0.05, 0) is 30.7 Å². The summed E-state index contributed by atoms with van der Waals surface area (Å²) in [5, 5.41) is 0. The molecule has 2 aromatic heterocycles. The molecule has 0 atom stereocenters. The first-order chi connectivity index (χ1) is 9.92. The second kappa shape index (κ2) is 6.45. The van der Waals surface area contributed by atoms with Crippen molar-refractivity contribution in [1.29, 1.82) is 0 Å². The van der Waals surface area contributed by atoms with Gasteiger partial charge >= 0.3 is 0 Å². The van der Waals surface area contributed by atoms with Gasteiger partial charge in [0.1, 0.15) is 10.0 Å². The van der Waals surface area contributed by atoms with Crippen molar-refractivity contribution < 1.29 is 8.42 Å². The van der Waals surface area contributed by atoms with Crippen LogP contribution in [0.25, 0.3) is 0 Å². The average Bonchev–Trinajstić information content (AvgIpc) is 2.77. The molecule has 0 bridgehead atoms. The van der Waals surface area contributed by atoms with E-state index in [0.717, 1.165) is 16.9 Å². The van der Waals surface area contributed by atoms with Gasteiger partial charge in [0, 0.05) is 11.8 Å². The predicted octanol–water partition coefficient (Wildman–Crippen LogP) is 2.22. The summed E-state index contributed by atoms with van der Waals surface area (Å²) in [6.45, 7) is 1.98. The fourth-order valence-electron chi connectivity index (χ4n) is 1.47. The van der Waals surface area contributed by atoms with Crippen LogP contribution >= 0.6 is 22.9 Å². The molecule has 0 saturated carbocycles. The minimum Gasteiger partial charge on any atom is -0.320 e. The van der Waals surface area contributed by atoms with E-state index in [9.17, 15) is 8.42 Å². The fourth-order valence-corrected chi connectivity index (χ4v) is 4.18. The molecule has 5 nitrogen and oxygen atoms in total. The lowest BCUT2D eigenvalue weighted by molar-refractivity contribution is 0.603. The van der Waals surface area contributed by atoms with Crippen LogP contribution in [0.2, 0.25) is 4.34 Å². The number of rotatable bonds is 3. The highest BCUT2D eigenvalue weighted by Crippen LogP contribution is 2.30. The number of nitrogens with one attached hydrogen (secondary N) is 1. The molecule has 8 heteroatoms. The van der Waals surface area contributed by atoms with Crippen LogP contribution in [0.1, 0.15) is 11.1 Å². The lowest BCUT2D eigenvalue weighted by Crippen LogP contribution is -2.12. The van der Waals surface area contributed by atoms with Crippen molar-refractivity contribution in [1.82, 2.24) is 4.98 Å². The first kappa shape index (κ1) is 15.8. The van der Waals surface area contributed by atoms with Crippen molar-refractivity contribution in [2.24, 2.45) is 5.73 Å². The number of nitrogens with zero attached hydrogens (tertiary/aromatic N) is 1. The van der Waals surface area contributed by atoms with Gasteiger partial charge in [-0.2, -0.15) is 0 Å². The molecule has 0 amide bonds. The van der Waals surface area contributed by atoms with Crippen molar-refractivity contribution in [3.05, 3.63) is 39.9 Å². The van der Waals surface area contributed by atoms with Gasteiger partial charge in [0.25, 0.3) is 10.0 Å². The summed E-state index contributed by atoms with van der Waals surface area (Å²) >= 11 is 6.90. The van der Waals surface area contributed by atoms with E-state index < -0.39 is 10.0 Å². The summed E-state index contributed by atoms with van der Waals surface area (Å²) in [6, 6.07) is 4.74. The Morgan fingerprint density at radius 2 is 2.24 bits per heavy atom. The molecule has 0 unspecified atom stereocenters. The first-order valence-electron chi connectivity index (χ1n) is 5.86. The largest absolute Gasteiger partial charge is 0.320 e. The maximum Gasteiger partial charge on any atom is 0.272 e. The van der Waals surface area contributed by atoms with Crippen LogP contribution < -0.4 is 10.5 Å². The topological polar surface area (TPSA) is 85.1 Å². The van der Waals surface area contributed by atoms with Crippen molar-refractivity contribution in [2.75, 3.05) is 11.3 Å². The molecule has 0 aliphatic rings. The molecule has 2 aromatic rings. The van der Waals surface area contributed by atoms with Gasteiger partial charge in [-0.15, -0.1) is 11.3 Å². The molecule has 3 N–H and O–H groups in total. The highest BCUT2D eigenvalue weighted by Gasteiger charge is 2.19. The molecule has 0 aliphatic heterocycles. The molecule has 2 heterocycles. The molecule has 0 aliphatic carbocycles. The number of halogens is 1. The van der Waals surface area contributed by atoms with E-state index in [1.54, 1.807) is 19.1 Å². The predicted molar refractivity (Wildman–Crippen MR) is 85.0 cm³/mol. The Bertz CT molecular complexity index is 800. The van der Waals surface area contributed by atoms with Crippen molar-refractivity contribution in [3.8, 4) is 11.8 Å². The quantitative estimate of drug-likeness (QED) is 0.838. The number of aromatic nitrogens is 1. The Morgan fingerprint density at radius 1 is 1.48 bits per heavy atom. The van der Waals surface area contributed by atoms with E-state index in [1.807, 2.05) is 0 Å². The maximum absolute atomic E-state index is 12.2. The van der Waals surface area contributed by atoms with E-state index >= 15 is 0 Å². The third-order valence-corrected chi connectivity index (χ3v) is 5.82. The molecular formula is C13H12ClN3O2S2. The average molecular weight is 342 g/mol. The van der Waals surface area contributed by atoms with Crippen LogP contribution in [0.15, 0.2) is 28.6 Å². The summed E-state index contributed by atoms with van der Waals surface area (Å²) in [7, 11) is -3.70. The van der Waals surface area contributed by atoms with Gasteiger partial charge in [-0.25, -0.2) is 13.4 Å². The molecule has 0 fully saturated rings. The van der Waals surface area contributed by atoms with E-state index in [1.165, 1.54) is 12.3 Å². The van der Waals surface area contributed by atoms with Gasteiger partial charge in [0.05, 0.1) is 10.9 Å². The number of nitrogens with two attached hydrogens (primary N) is 1. The summed E-state index contributed by atoms with van der Waals surface area (Å²) in [4.78, 5) is 3.97. The number of hydrogen-bond acceptors (Lipinski definition) is 5. The first-order valence-corrected chi connectivity index (χ1v) is 8.54. The monoisotopic (exact) mass is 341 g/mol. The molecule has 0 saturated heterocycles. The molecule has 110 valence electrons. The van der Waals surface area contributed by atoms with Gasteiger partial charge in [-0.1, -0.05) is 23.4 Å². The van der Waals surface area contributed by atoms with Crippen LogP contribution in [-0.4, -0.2) is 19.9 Å². The Kier molecular flexibility index (Phi) is 4.85.